The van der Waals surface area contributed by atoms with E-state index in [0.29, 0.717) is 0 Å². The summed E-state index contributed by atoms with van der Waals surface area (Å²) >= 11 is 0. The van der Waals surface area contributed by atoms with Crippen molar-refractivity contribution >= 4 is 5.69 Å². The standard InChI is InChI=1S/C10H13NO.CH5N/c1-2-4-10(5-3-1)11-6-8-12-9-7-11;1-2/h1-5H,6-9H2;2H2,1H3. The normalized spacial score (nSPS) is 15.7. The molecule has 78 valence electrons. The van der Waals surface area contributed by atoms with E-state index < -0.39 is 0 Å². The van der Waals surface area contributed by atoms with Gasteiger partial charge < -0.3 is 15.4 Å². The van der Waals surface area contributed by atoms with Gasteiger partial charge in [0.1, 0.15) is 0 Å². The van der Waals surface area contributed by atoms with Crippen molar-refractivity contribution in [3.05, 3.63) is 30.3 Å². The zero-order valence-corrected chi connectivity index (χ0v) is 8.65. The van der Waals surface area contributed by atoms with Gasteiger partial charge in [0.2, 0.25) is 0 Å². The van der Waals surface area contributed by atoms with Gasteiger partial charge in [-0.15, -0.1) is 0 Å². The number of rotatable bonds is 1. The van der Waals surface area contributed by atoms with Crippen LogP contribution in [0, 0.1) is 0 Å². The second kappa shape index (κ2) is 6.40. The minimum atomic E-state index is 0.856. The number of nitrogens with two attached hydrogens (primary N) is 1. The first-order valence-corrected chi connectivity index (χ1v) is 4.92. The molecule has 14 heavy (non-hydrogen) atoms. The van der Waals surface area contributed by atoms with Crippen molar-refractivity contribution in [3.8, 4) is 0 Å². The van der Waals surface area contributed by atoms with Gasteiger partial charge in [0.15, 0.2) is 0 Å². The van der Waals surface area contributed by atoms with Crippen LogP contribution >= 0.6 is 0 Å². The lowest BCUT2D eigenvalue weighted by atomic mass is 10.3. The Labute approximate surface area is 85.5 Å². The molecule has 0 aliphatic carbocycles. The second-order valence-electron chi connectivity index (χ2n) is 2.93. The van der Waals surface area contributed by atoms with Crippen molar-refractivity contribution in [3.63, 3.8) is 0 Å². The number of ether oxygens (including phenoxy) is 1. The van der Waals surface area contributed by atoms with Gasteiger partial charge in [-0.1, -0.05) is 18.2 Å². The first kappa shape index (κ1) is 11.0. The van der Waals surface area contributed by atoms with Crippen LogP contribution in [-0.4, -0.2) is 33.4 Å². The Morgan fingerprint density at radius 3 is 2.21 bits per heavy atom. The summed E-state index contributed by atoms with van der Waals surface area (Å²) in [4.78, 5) is 2.35. The zero-order chi connectivity index (χ0) is 10.2. The van der Waals surface area contributed by atoms with Crippen LogP contribution in [0.3, 0.4) is 0 Å². The highest BCUT2D eigenvalue weighted by Crippen LogP contribution is 2.13. The van der Waals surface area contributed by atoms with Crippen LogP contribution in [0.5, 0.6) is 0 Å². The number of hydrogen-bond donors (Lipinski definition) is 1. The summed E-state index contributed by atoms with van der Waals surface area (Å²) in [6, 6.07) is 10.5. The van der Waals surface area contributed by atoms with E-state index in [0.717, 1.165) is 26.3 Å². The summed E-state index contributed by atoms with van der Waals surface area (Å²) in [5.41, 5.74) is 5.81. The number of hydrogen-bond acceptors (Lipinski definition) is 3. The van der Waals surface area contributed by atoms with Gasteiger partial charge in [0.05, 0.1) is 13.2 Å². The molecule has 1 saturated heterocycles. The lowest BCUT2D eigenvalue weighted by molar-refractivity contribution is 0.122. The molecule has 3 nitrogen and oxygen atoms in total. The summed E-state index contributed by atoms with van der Waals surface area (Å²) < 4.78 is 5.28. The van der Waals surface area contributed by atoms with E-state index in [-0.39, 0.29) is 0 Å². The molecular weight excluding hydrogens is 176 g/mol. The highest BCUT2D eigenvalue weighted by molar-refractivity contribution is 5.46. The van der Waals surface area contributed by atoms with Gasteiger partial charge >= 0.3 is 0 Å². The Hall–Kier alpha value is -1.06. The van der Waals surface area contributed by atoms with Crippen molar-refractivity contribution in [2.24, 2.45) is 5.73 Å². The largest absolute Gasteiger partial charge is 0.378 e. The molecule has 0 radical (unpaired) electrons. The van der Waals surface area contributed by atoms with Gasteiger partial charge in [-0.2, -0.15) is 0 Å². The van der Waals surface area contributed by atoms with E-state index in [1.54, 1.807) is 0 Å². The van der Waals surface area contributed by atoms with Gasteiger partial charge in [0, 0.05) is 18.8 Å². The molecule has 2 N–H and O–H groups in total. The third-order valence-corrected chi connectivity index (χ3v) is 2.13. The van der Waals surface area contributed by atoms with Crippen molar-refractivity contribution in [2.75, 3.05) is 38.3 Å². The molecule has 0 aromatic heterocycles. The molecule has 0 bridgehead atoms. The van der Waals surface area contributed by atoms with Crippen LogP contribution in [-0.2, 0) is 4.74 Å². The molecular formula is C11H18N2O. The second-order valence-corrected chi connectivity index (χ2v) is 2.93. The van der Waals surface area contributed by atoms with Crippen LogP contribution in [0.1, 0.15) is 0 Å². The monoisotopic (exact) mass is 194 g/mol. The van der Waals surface area contributed by atoms with Gasteiger partial charge in [-0.3, -0.25) is 0 Å². The molecule has 0 spiro atoms. The molecule has 1 fully saturated rings. The zero-order valence-electron chi connectivity index (χ0n) is 8.65. The van der Waals surface area contributed by atoms with Crippen molar-refractivity contribution < 1.29 is 4.74 Å². The van der Waals surface area contributed by atoms with E-state index in [1.807, 2.05) is 6.07 Å². The van der Waals surface area contributed by atoms with Crippen LogP contribution < -0.4 is 10.6 Å². The minimum absolute atomic E-state index is 0.856. The number of para-hydroxylation sites is 1. The Balaban J connectivity index is 0.000000461. The smallest absolute Gasteiger partial charge is 0.0642 e. The van der Waals surface area contributed by atoms with Crippen molar-refractivity contribution in [2.45, 2.75) is 0 Å². The Kier molecular flexibility index (Phi) is 5.04. The average molecular weight is 194 g/mol. The molecule has 0 amide bonds. The van der Waals surface area contributed by atoms with E-state index in [4.69, 9.17) is 4.74 Å². The summed E-state index contributed by atoms with van der Waals surface area (Å²) in [5, 5.41) is 0. The third kappa shape index (κ3) is 3.01. The first-order valence-electron chi connectivity index (χ1n) is 4.92. The van der Waals surface area contributed by atoms with Crippen LogP contribution in [0.25, 0.3) is 0 Å². The van der Waals surface area contributed by atoms with Crippen LogP contribution in [0.4, 0.5) is 5.69 Å². The highest BCUT2D eigenvalue weighted by Gasteiger charge is 2.09. The predicted molar refractivity (Wildman–Crippen MR) is 59.6 cm³/mol. The van der Waals surface area contributed by atoms with E-state index >= 15 is 0 Å². The molecule has 1 aromatic rings. The van der Waals surface area contributed by atoms with Crippen LogP contribution in [0.15, 0.2) is 30.3 Å². The molecule has 2 rings (SSSR count). The number of anilines is 1. The van der Waals surface area contributed by atoms with E-state index in [2.05, 4.69) is 34.9 Å². The lowest BCUT2D eigenvalue weighted by Gasteiger charge is -2.28. The average Bonchev–Trinajstić information content (AvgIpc) is 2.34. The molecule has 1 heterocycles. The van der Waals surface area contributed by atoms with E-state index in [1.165, 1.54) is 12.7 Å². The lowest BCUT2D eigenvalue weighted by Crippen LogP contribution is -2.36. The quantitative estimate of drug-likeness (QED) is 0.727. The third-order valence-electron chi connectivity index (χ3n) is 2.13. The topological polar surface area (TPSA) is 38.5 Å². The fourth-order valence-corrected chi connectivity index (χ4v) is 1.46. The number of morpholine rings is 1. The van der Waals surface area contributed by atoms with E-state index in [9.17, 15) is 0 Å². The van der Waals surface area contributed by atoms with Gasteiger partial charge in [-0.25, -0.2) is 0 Å². The highest BCUT2D eigenvalue weighted by atomic mass is 16.5. The Morgan fingerprint density at radius 2 is 1.64 bits per heavy atom. The van der Waals surface area contributed by atoms with Crippen LogP contribution in [0.2, 0.25) is 0 Å². The molecule has 0 unspecified atom stereocenters. The summed E-state index contributed by atoms with van der Waals surface area (Å²) in [5.74, 6) is 0. The Bertz CT molecular complexity index is 232. The summed E-state index contributed by atoms with van der Waals surface area (Å²) in [7, 11) is 1.50. The maximum atomic E-state index is 5.28. The maximum Gasteiger partial charge on any atom is 0.0642 e. The number of benzene rings is 1. The molecule has 1 aliphatic heterocycles. The molecule has 0 atom stereocenters. The number of nitrogens with zero attached hydrogens (tertiary/aromatic N) is 1. The molecule has 1 aliphatic rings. The minimum Gasteiger partial charge on any atom is -0.378 e. The summed E-state index contributed by atoms with van der Waals surface area (Å²) in [6.07, 6.45) is 0. The van der Waals surface area contributed by atoms with Crippen molar-refractivity contribution in [1.82, 2.24) is 0 Å². The first-order chi connectivity index (χ1) is 6.97. The summed E-state index contributed by atoms with van der Waals surface area (Å²) in [6.45, 7) is 3.75. The fraction of sp³-hybridized carbons (Fsp3) is 0.455. The SMILES string of the molecule is CN.c1ccc(N2CCOCC2)cc1. The maximum absolute atomic E-state index is 5.28. The molecule has 0 saturated carbocycles. The molecule has 3 heteroatoms. The fourth-order valence-electron chi connectivity index (χ4n) is 1.46. The van der Waals surface area contributed by atoms with Gasteiger partial charge in [0.25, 0.3) is 0 Å². The predicted octanol–water partition coefficient (Wildman–Crippen LogP) is 1.10. The van der Waals surface area contributed by atoms with Gasteiger partial charge in [-0.05, 0) is 19.2 Å². The Morgan fingerprint density at radius 1 is 1.07 bits per heavy atom. The van der Waals surface area contributed by atoms with Crippen molar-refractivity contribution in [1.29, 1.82) is 0 Å². The molecule has 1 aromatic carbocycles.